The van der Waals surface area contributed by atoms with Crippen molar-refractivity contribution in [1.29, 1.82) is 0 Å². The van der Waals surface area contributed by atoms with E-state index in [1.54, 1.807) is 6.33 Å². The molecule has 0 unspecified atom stereocenters. The molecule has 0 radical (unpaired) electrons. The van der Waals surface area contributed by atoms with Crippen LogP contribution in [0.4, 0.5) is 11.6 Å². The van der Waals surface area contributed by atoms with E-state index in [-0.39, 0.29) is 5.54 Å². The van der Waals surface area contributed by atoms with Gasteiger partial charge in [0.15, 0.2) is 0 Å². The topological polar surface area (TPSA) is 59.1 Å². The highest BCUT2D eigenvalue weighted by Gasteiger charge is 2.28. The fraction of sp³-hybridized carbons (Fsp3) is 0.733. The van der Waals surface area contributed by atoms with Gasteiger partial charge in [0.25, 0.3) is 0 Å². The maximum Gasteiger partial charge on any atom is 0.135 e. The molecule has 0 aromatic carbocycles. The van der Waals surface area contributed by atoms with Crippen molar-refractivity contribution < 1.29 is 4.74 Å². The summed E-state index contributed by atoms with van der Waals surface area (Å²) in [4.78, 5) is 8.85. The monoisotopic (exact) mass is 278 g/mol. The van der Waals surface area contributed by atoms with E-state index in [0.717, 1.165) is 57.1 Å². The third-order valence-corrected chi connectivity index (χ3v) is 3.81. The Morgan fingerprint density at radius 2 is 1.90 bits per heavy atom. The van der Waals surface area contributed by atoms with Gasteiger partial charge in [-0.1, -0.05) is 13.3 Å². The van der Waals surface area contributed by atoms with Gasteiger partial charge < -0.3 is 15.4 Å². The van der Waals surface area contributed by atoms with Gasteiger partial charge in [0, 0.05) is 30.9 Å². The number of aromatic nitrogens is 2. The summed E-state index contributed by atoms with van der Waals surface area (Å²) in [6.07, 6.45) is 5.73. The van der Waals surface area contributed by atoms with E-state index >= 15 is 0 Å². The van der Waals surface area contributed by atoms with Gasteiger partial charge >= 0.3 is 0 Å². The summed E-state index contributed by atoms with van der Waals surface area (Å²) in [5, 5.41) is 6.97. The Bertz CT molecular complexity index is 430. The van der Waals surface area contributed by atoms with E-state index in [4.69, 9.17) is 4.74 Å². The van der Waals surface area contributed by atoms with Crippen molar-refractivity contribution in [1.82, 2.24) is 9.97 Å². The van der Waals surface area contributed by atoms with Gasteiger partial charge in [-0.05, 0) is 33.1 Å². The predicted octanol–water partition coefficient (Wildman–Crippen LogP) is 2.84. The van der Waals surface area contributed by atoms with Crippen LogP contribution in [0.15, 0.2) is 6.33 Å². The summed E-state index contributed by atoms with van der Waals surface area (Å²) < 4.78 is 5.46. The second kappa shape index (κ2) is 6.88. The Morgan fingerprint density at radius 1 is 1.20 bits per heavy atom. The normalized spacial score (nSPS) is 17.8. The molecule has 1 aliphatic rings. The van der Waals surface area contributed by atoms with Gasteiger partial charge in [0.05, 0.1) is 0 Å². The number of hydrogen-bond donors (Lipinski definition) is 2. The van der Waals surface area contributed by atoms with Gasteiger partial charge in [0.1, 0.15) is 18.0 Å². The second-order valence-corrected chi connectivity index (χ2v) is 5.63. The molecule has 20 heavy (non-hydrogen) atoms. The fourth-order valence-corrected chi connectivity index (χ4v) is 2.56. The Kier molecular flexibility index (Phi) is 5.17. The number of rotatable bonds is 6. The van der Waals surface area contributed by atoms with Gasteiger partial charge in [-0.3, -0.25) is 0 Å². The highest BCUT2D eigenvalue weighted by atomic mass is 16.5. The van der Waals surface area contributed by atoms with Crippen LogP contribution >= 0.6 is 0 Å². The fourth-order valence-electron chi connectivity index (χ4n) is 2.56. The van der Waals surface area contributed by atoms with Crippen molar-refractivity contribution in [3.05, 3.63) is 11.9 Å². The molecule has 0 spiro atoms. The van der Waals surface area contributed by atoms with Crippen LogP contribution in [0, 0.1) is 0 Å². The van der Waals surface area contributed by atoms with E-state index in [9.17, 15) is 0 Å². The summed E-state index contributed by atoms with van der Waals surface area (Å²) in [5.41, 5.74) is 1.27. The van der Waals surface area contributed by atoms with E-state index in [2.05, 4.69) is 41.4 Å². The van der Waals surface area contributed by atoms with Gasteiger partial charge in [0.2, 0.25) is 0 Å². The minimum atomic E-state index is 0.0680. The highest BCUT2D eigenvalue weighted by molar-refractivity contribution is 5.58. The minimum absolute atomic E-state index is 0.0680. The van der Waals surface area contributed by atoms with Crippen LogP contribution in [0.2, 0.25) is 0 Å². The van der Waals surface area contributed by atoms with Crippen molar-refractivity contribution >= 4 is 11.6 Å². The molecule has 2 heterocycles. The van der Waals surface area contributed by atoms with Gasteiger partial charge in [-0.25, -0.2) is 9.97 Å². The van der Waals surface area contributed by atoms with Crippen LogP contribution in [0.1, 0.15) is 45.6 Å². The lowest BCUT2D eigenvalue weighted by Crippen LogP contribution is -2.41. The molecule has 112 valence electrons. The molecule has 0 atom stereocenters. The molecular weight excluding hydrogens is 252 g/mol. The predicted molar refractivity (Wildman–Crippen MR) is 82.3 cm³/mol. The average molecular weight is 278 g/mol. The molecular formula is C15H26N4O. The lowest BCUT2D eigenvalue weighted by Gasteiger charge is -2.35. The maximum atomic E-state index is 5.46. The maximum absolute atomic E-state index is 5.46. The van der Waals surface area contributed by atoms with Crippen LogP contribution in [-0.2, 0) is 11.2 Å². The summed E-state index contributed by atoms with van der Waals surface area (Å²) in [7, 11) is 0. The molecule has 0 amide bonds. The summed E-state index contributed by atoms with van der Waals surface area (Å²) >= 11 is 0. The Hall–Kier alpha value is -1.36. The third kappa shape index (κ3) is 3.60. The van der Waals surface area contributed by atoms with Crippen LogP contribution in [-0.4, -0.2) is 35.3 Å². The number of ether oxygens (including phenoxy) is 1. The third-order valence-electron chi connectivity index (χ3n) is 3.81. The number of nitrogens with one attached hydrogen (secondary N) is 2. The smallest absolute Gasteiger partial charge is 0.135 e. The number of hydrogen-bond acceptors (Lipinski definition) is 5. The minimum Gasteiger partial charge on any atom is -0.381 e. The van der Waals surface area contributed by atoms with Gasteiger partial charge in [-0.15, -0.1) is 0 Å². The zero-order valence-electron chi connectivity index (χ0n) is 12.8. The van der Waals surface area contributed by atoms with Crippen LogP contribution < -0.4 is 10.6 Å². The standard InChI is InChI=1S/C15H26N4O/c1-4-6-12-13(16-5-2)17-11-18-14(12)19-15(3)7-9-20-10-8-15/h11H,4-10H2,1-3H3,(H2,16,17,18,19). The molecule has 1 aromatic heterocycles. The molecule has 5 heteroatoms. The van der Waals surface area contributed by atoms with Crippen molar-refractivity contribution in [2.45, 2.75) is 52.0 Å². The zero-order valence-corrected chi connectivity index (χ0v) is 12.8. The molecule has 1 aromatic rings. The summed E-state index contributed by atoms with van der Waals surface area (Å²) in [6.45, 7) is 9.03. The molecule has 0 saturated carbocycles. The van der Waals surface area contributed by atoms with Crippen LogP contribution in [0.3, 0.4) is 0 Å². The summed E-state index contributed by atoms with van der Waals surface area (Å²) in [5.74, 6) is 1.93. The van der Waals surface area contributed by atoms with Crippen LogP contribution in [0.25, 0.3) is 0 Å². The Balaban J connectivity index is 2.23. The lowest BCUT2D eigenvalue weighted by atomic mass is 9.92. The van der Waals surface area contributed by atoms with E-state index < -0.39 is 0 Å². The van der Waals surface area contributed by atoms with E-state index in [1.807, 2.05) is 0 Å². The van der Waals surface area contributed by atoms with Crippen molar-refractivity contribution in [3.8, 4) is 0 Å². The van der Waals surface area contributed by atoms with E-state index in [0.29, 0.717) is 0 Å². The van der Waals surface area contributed by atoms with Crippen LogP contribution in [0.5, 0.6) is 0 Å². The Morgan fingerprint density at radius 3 is 2.55 bits per heavy atom. The second-order valence-electron chi connectivity index (χ2n) is 5.63. The zero-order chi connectivity index (χ0) is 14.4. The average Bonchev–Trinajstić information content (AvgIpc) is 2.43. The first-order valence-electron chi connectivity index (χ1n) is 7.62. The first kappa shape index (κ1) is 15.0. The van der Waals surface area contributed by atoms with Gasteiger partial charge in [-0.2, -0.15) is 0 Å². The summed E-state index contributed by atoms with van der Waals surface area (Å²) in [6, 6.07) is 0. The molecule has 0 bridgehead atoms. The van der Waals surface area contributed by atoms with Crippen molar-refractivity contribution in [2.24, 2.45) is 0 Å². The Labute approximate surface area is 121 Å². The lowest BCUT2D eigenvalue weighted by molar-refractivity contribution is 0.0657. The van der Waals surface area contributed by atoms with Crippen molar-refractivity contribution in [2.75, 3.05) is 30.4 Å². The first-order chi connectivity index (χ1) is 9.68. The molecule has 1 saturated heterocycles. The molecule has 1 fully saturated rings. The molecule has 0 aliphatic carbocycles. The highest BCUT2D eigenvalue weighted by Crippen LogP contribution is 2.29. The number of nitrogens with zero attached hydrogens (tertiary/aromatic N) is 2. The quantitative estimate of drug-likeness (QED) is 0.838. The SMILES string of the molecule is CCCc1c(NCC)ncnc1NC1(C)CCOCC1. The molecule has 2 N–H and O–H groups in total. The van der Waals surface area contributed by atoms with Crippen molar-refractivity contribution in [3.63, 3.8) is 0 Å². The molecule has 2 rings (SSSR count). The largest absolute Gasteiger partial charge is 0.381 e. The van der Waals surface area contributed by atoms with E-state index in [1.165, 1.54) is 5.56 Å². The molecule has 1 aliphatic heterocycles. The number of anilines is 2. The first-order valence-corrected chi connectivity index (χ1v) is 7.62. The molecule has 5 nitrogen and oxygen atoms in total.